The number of aromatic nitrogens is 3. The molecule has 25 heavy (non-hydrogen) atoms. The minimum absolute atomic E-state index is 0.501. The molecule has 0 aliphatic heterocycles. The lowest BCUT2D eigenvalue weighted by atomic mass is 10.1. The second kappa shape index (κ2) is 6.73. The van der Waals surface area contributed by atoms with Crippen LogP contribution >= 0.6 is 23.1 Å². The van der Waals surface area contributed by atoms with Crippen LogP contribution in [0.1, 0.15) is 5.76 Å². The number of rotatable bonds is 5. The number of ether oxygens (including phenoxy) is 1. The molecule has 8 heteroatoms. The summed E-state index contributed by atoms with van der Waals surface area (Å²) in [5.74, 6) is 2.56. The Labute approximate surface area is 152 Å². The number of methoxy groups -OCH3 is 1. The highest BCUT2D eigenvalue weighted by Crippen LogP contribution is 2.31. The Morgan fingerprint density at radius 1 is 1.24 bits per heavy atom. The number of nitrogens with two attached hydrogens (primary N) is 1. The van der Waals surface area contributed by atoms with E-state index in [-0.39, 0.29) is 0 Å². The van der Waals surface area contributed by atoms with E-state index in [1.165, 1.54) is 11.8 Å². The molecule has 0 saturated carbocycles. The van der Waals surface area contributed by atoms with E-state index in [0.717, 1.165) is 33.0 Å². The van der Waals surface area contributed by atoms with Gasteiger partial charge in [-0.15, -0.1) is 11.3 Å². The topological polar surface area (TPSA) is 87.1 Å². The molecular weight excluding hydrogens is 356 g/mol. The van der Waals surface area contributed by atoms with E-state index in [9.17, 15) is 0 Å². The standard InChI is InChI=1S/C17H14N4O2S2/c1-22-14-5-3-2-4-11(14)13-8-10(23-21-13)9-25-17-19-15(18)12-6-7-24-16(12)20-17/h2-8H,9H2,1H3,(H2,18,19,20). The number of benzene rings is 1. The van der Waals surface area contributed by atoms with Crippen LogP contribution in [0.15, 0.2) is 51.5 Å². The Morgan fingerprint density at radius 2 is 2.12 bits per heavy atom. The summed E-state index contributed by atoms with van der Waals surface area (Å²) >= 11 is 3.01. The quantitative estimate of drug-likeness (QED) is 0.415. The summed E-state index contributed by atoms with van der Waals surface area (Å²) in [5.41, 5.74) is 7.61. The number of nitrogen functional groups attached to an aromatic ring is 1. The van der Waals surface area contributed by atoms with Crippen LogP contribution in [0.5, 0.6) is 5.75 Å². The van der Waals surface area contributed by atoms with E-state index in [0.29, 0.717) is 16.7 Å². The number of thioether (sulfide) groups is 1. The van der Waals surface area contributed by atoms with Crippen molar-refractivity contribution in [2.24, 2.45) is 0 Å². The van der Waals surface area contributed by atoms with E-state index < -0.39 is 0 Å². The van der Waals surface area contributed by atoms with Crippen molar-refractivity contribution in [2.75, 3.05) is 12.8 Å². The largest absolute Gasteiger partial charge is 0.496 e. The van der Waals surface area contributed by atoms with Crippen molar-refractivity contribution in [2.45, 2.75) is 10.9 Å². The number of hydrogen-bond donors (Lipinski definition) is 1. The zero-order valence-electron chi connectivity index (χ0n) is 13.3. The molecule has 0 aliphatic carbocycles. The van der Waals surface area contributed by atoms with Crippen molar-refractivity contribution in [3.8, 4) is 17.0 Å². The first kappa shape index (κ1) is 15.9. The van der Waals surface area contributed by atoms with Gasteiger partial charge >= 0.3 is 0 Å². The molecule has 2 N–H and O–H groups in total. The molecule has 6 nitrogen and oxygen atoms in total. The molecule has 4 aromatic rings. The molecule has 0 bridgehead atoms. The SMILES string of the molecule is COc1ccccc1-c1cc(CSc2nc(N)c3ccsc3n2)on1. The fourth-order valence-corrected chi connectivity index (χ4v) is 3.98. The highest BCUT2D eigenvalue weighted by molar-refractivity contribution is 7.98. The van der Waals surface area contributed by atoms with Gasteiger partial charge in [0.2, 0.25) is 0 Å². The van der Waals surface area contributed by atoms with Gasteiger partial charge in [-0.25, -0.2) is 9.97 Å². The highest BCUT2D eigenvalue weighted by atomic mass is 32.2. The zero-order chi connectivity index (χ0) is 17.2. The summed E-state index contributed by atoms with van der Waals surface area (Å²) in [6.07, 6.45) is 0. The lowest BCUT2D eigenvalue weighted by Crippen LogP contribution is -1.95. The molecule has 0 aliphatic rings. The molecule has 0 saturated heterocycles. The molecule has 126 valence electrons. The summed E-state index contributed by atoms with van der Waals surface area (Å²) in [6.45, 7) is 0. The van der Waals surface area contributed by atoms with Gasteiger partial charge in [0.15, 0.2) is 5.16 Å². The Morgan fingerprint density at radius 3 is 3.00 bits per heavy atom. The van der Waals surface area contributed by atoms with Crippen molar-refractivity contribution in [1.82, 2.24) is 15.1 Å². The van der Waals surface area contributed by atoms with E-state index >= 15 is 0 Å². The van der Waals surface area contributed by atoms with Crippen LogP contribution in [-0.4, -0.2) is 22.2 Å². The van der Waals surface area contributed by atoms with Crippen molar-refractivity contribution in [3.63, 3.8) is 0 Å². The number of fused-ring (bicyclic) bond motifs is 1. The summed E-state index contributed by atoms with van der Waals surface area (Å²) in [4.78, 5) is 9.74. The predicted octanol–water partition coefficient (Wildman–Crippen LogP) is 4.23. The normalized spacial score (nSPS) is 11.1. The van der Waals surface area contributed by atoms with Gasteiger partial charge in [0, 0.05) is 11.6 Å². The number of nitrogens with zero attached hydrogens (tertiary/aromatic N) is 3. The zero-order valence-corrected chi connectivity index (χ0v) is 14.9. The minimum Gasteiger partial charge on any atom is -0.496 e. The molecule has 0 radical (unpaired) electrons. The van der Waals surface area contributed by atoms with Gasteiger partial charge in [-0.05, 0) is 23.6 Å². The molecule has 0 amide bonds. The molecule has 3 aromatic heterocycles. The van der Waals surface area contributed by atoms with Gasteiger partial charge < -0.3 is 15.0 Å². The first-order chi connectivity index (χ1) is 12.2. The fraction of sp³-hybridized carbons (Fsp3) is 0.118. The Bertz CT molecular complexity index is 1030. The molecule has 3 heterocycles. The van der Waals surface area contributed by atoms with Gasteiger partial charge in [-0.3, -0.25) is 0 Å². The smallest absolute Gasteiger partial charge is 0.191 e. The third-order valence-corrected chi connectivity index (χ3v) is 5.30. The first-order valence-corrected chi connectivity index (χ1v) is 9.33. The van der Waals surface area contributed by atoms with Crippen molar-refractivity contribution >= 4 is 39.1 Å². The van der Waals surface area contributed by atoms with E-state index in [1.807, 2.05) is 41.8 Å². The third-order valence-electron chi connectivity index (χ3n) is 3.62. The average molecular weight is 370 g/mol. The lowest BCUT2D eigenvalue weighted by Gasteiger charge is -2.03. The molecule has 0 fully saturated rings. The van der Waals surface area contributed by atoms with Gasteiger partial charge in [-0.1, -0.05) is 29.1 Å². The molecule has 1 aromatic carbocycles. The van der Waals surface area contributed by atoms with Crippen LogP contribution in [0.2, 0.25) is 0 Å². The maximum Gasteiger partial charge on any atom is 0.191 e. The maximum absolute atomic E-state index is 5.98. The summed E-state index contributed by atoms with van der Waals surface area (Å²) in [5, 5.41) is 7.62. The van der Waals surface area contributed by atoms with E-state index in [4.69, 9.17) is 15.0 Å². The number of hydrogen-bond acceptors (Lipinski definition) is 8. The van der Waals surface area contributed by atoms with Crippen molar-refractivity contribution < 1.29 is 9.26 Å². The van der Waals surface area contributed by atoms with Crippen LogP contribution < -0.4 is 10.5 Å². The molecule has 0 unspecified atom stereocenters. The maximum atomic E-state index is 5.98. The molecular formula is C17H14N4O2S2. The first-order valence-electron chi connectivity index (χ1n) is 7.47. The molecule has 0 atom stereocenters. The summed E-state index contributed by atoms with van der Waals surface area (Å²) < 4.78 is 10.8. The van der Waals surface area contributed by atoms with Crippen LogP contribution in [-0.2, 0) is 5.75 Å². The second-order valence-electron chi connectivity index (χ2n) is 5.20. The Balaban J connectivity index is 1.53. The Kier molecular flexibility index (Phi) is 4.29. The fourth-order valence-electron chi connectivity index (χ4n) is 2.42. The lowest BCUT2D eigenvalue weighted by molar-refractivity contribution is 0.395. The molecule has 0 spiro atoms. The number of para-hydroxylation sites is 1. The third kappa shape index (κ3) is 3.18. The summed E-state index contributed by atoms with van der Waals surface area (Å²) in [7, 11) is 1.64. The van der Waals surface area contributed by atoms with Gasteiger partial charge in [0.1, 0.15) is 27.9 Å². The second-order valence-corrected chi connectivity index (χ2v) is 7.04. The number of anilines is 1. The Hall–Kier alpha value is -2.58. The number of thiophene rings is 1. The van der Waals surface area contributed by atoms with Crippen LogP contribution in [0, 0.1) is 0 Å². The van der Waals surface area contributed by atoms with Gasteiger partial charge in [0.05, 0.1) is 18.2 Å². The highest BCUT2D eigenvalue weighted by Gasteiger charge is 2.13. The summed E-state index contributed by atoms with van der Waals surface area (Å²) in [6, 6.07) is 11.5. The average Bonchev–Trinajstić information content (AvgIpc) is 3.29. The monoisotopic (exact) mass is 370 g/mol. The van der Waals surface area contributed by atoms with Gasteiger partial charge in [-0.2, -0.15) is 0 Å². The van der Waals surface area contributed by atoms with Crippen LogP contribution in [0.3, 0.4) is 0 Å². The van der Waals surface area contributed by atoms with E-state index in [2.05, 4.69) is 15.1 Å². The predicted molar refractivity (Wildman–Crippen MR) is 99.9 cm³/mol. The van der Waals surface area contributed by atoms with Crippen LogP contribution in [0.4, 0.5) is 5.82 Å². The van der Waals surface area contributed by atoms with Crippen molar-refractivity contribution in [3.05, 3.63) is 47.5 Å². The van der Waals surface area contributed by atoms with Gasteiger partial charge in [0.25, 0.3) is 0 Å². The van der Waals surface area contributed by atoms with Crippen molar-refractivity contribution in [1.29, 1.82) is 0 Å². The minimum atomic E-state index is 0.501. The molecule has 4 rings (SSSR count). The van der Waals surface area contributed by atoms with Crippen LogP contribution in [0.25, 0.3) is 21.5 Å². The van der Waals surface area contributed by atoms with E-state index in [1.54, 1.807) is 18.4 Å².